The second-order valence-corrected chi connectivity index (χ2v) is 2.36. The van der Waals surface area contributed by atoms with Crippen LogP contribution < -0.4 is 0 Å². The first kappa shape index (κ1) is 5.55. The lowest BCUT2D eigenvalue weighted by atomic mass is 10.5. The summed E-state index contributed by atoms with van der Waals surface area (Å²) in [5.74, 6) is 0. The Morgan fingerprint density at radius 2 is 2.60 bits per heavy atom. The molecule has 0 saturated heterocycles. The highest BCUT2D eigenvalue weighted by Crippen LogP contribution is 2.16. The van der Waals surface area contributed by atoms with Crippen molar-refractivity contribution in [1.82, 2.24) is 15.4 Å². The molecule has 0 spiro atoms. The maximum Gasteiger partial charge on any atom is 0.178 e. The fourth-order valence-electron chi connectivity index (χ4n) is 0.576. The average Bonchev–Trinajstić information content (AvgIpc) is 2.59. The summed E-state index contributed by atoms with van der Waals surface area (Å²) in [4.78, 5) is 0. The lowest BCUT2D eigenvalue weighted by Crippen LogP contribution is -1.73. The Morgan fingerprint density at radius 3 is 3.20 bits per heavy atom. The van der Waals surface area contributed by atoms with Gasteiger partial charge in [-0.25, -0.2) is 0 Å². The summed E-state index contributed by atoms with van der Waals surface area (Å²) >= 11 is 1.31. The third-order valence-corrected chi connectivity index (χ3v) is 1.64. The van der Waals surface area contributed by atoms with Crippen molar-refractivity contribution in [3.05, 3.63) is 17.8 Å². The average molecular weight is 152 g/mol. The van der Waals surface area contributed by atoms with Crippen molar-refractivity contribution >= 4 is 11.3 Å². The van der Waals surface area contributed by atoms with Crippen molar-refractivity contribution in [2.24, 2.45) is 0 Å². The van der Waals surface area contributed by atoms with Gasteiger partial charge in [0.15, 0.2) is 10.5 Å². The first-order chi connectivity index (χ1) is 4.97. The zero-order valence-electron chi connectivity index (χ0n) is 4.81. The van der Waals surface area contributed by atoms with E-state index in [9.17, 15) is 0 Å². The molecule has 0 aromatic carbocycles. The van der Waals surface area contributed by atoms with Gasteiger partial charge >= 0.3 is 0 Å². The molecule has 2 aromatic rings. The largest absolute Gasteiger partial charge is 0.364 e. The van der Waals surface area contributed by atoms with E-state index < -0.39 is 0 Å². The van der Waals surface area contributed by atoms with Crippen LogP contribution in [0.3, 0.4) is 0 Å². The van der Waals surface area contributed by atoms with Crippen LogP contribution in [0.1, 0.15) is 0 Å². The van der Waals surface area contributed by atoms with Crippen LogP contribution in [0, 0.1) is 5.51 Å². The summed E-state index contributed by atoms with van der Waals surface area (Å²) in [5, 5.41) is 11.7. The first-order valence-electron chi connectivity index (χ1n) is 2.57. The molecular formula is C5H2N3OS. The molecule has 0 fully saturated rings. The van der Waals surface area contributed by atoms with Crippen molar-refractivity contribution in [3.8, 4) is 10.7 Å². The van der Waals surface area contributed by atoms with E-state index in [1.807, 2.05) is 0 Å². The minimum absolute atomic E-state index is 0.707. The quantitative estimate of drug-likeness (QED) is 0.611. The maximum absolute atomic E-state index is 4.61. The third kappa shape index (κ3) is 0.801. The Labute approximate surface area is 60.5 Å². The van der Waals surface area contributed by atoms with E-state index in [-0.39, 0.29) is 0 Å². The van der Waals surface area contributed by atoms with Crippen LogP contribution in [0.2, 0.25) is 0 Å². The van der Waals surface area contributed by atoms with Gasteiger partial charge in [0, 0.05) is 6.07 Å². The molecule has 4 nitrogen and oxygen atoms in total. The number of rotatable bonds is 1. The molecule has 0 amide bonds. The van der Waals surface area contributed by atoms with Gasteiger partial charge < -0.3 is 4.52 Å². The van der Waals surface area contributed by atoms with E-state index in [2.05, 4.69) is 25.4 Å². The van der Waals surface area contributed by atoms with Crippen molar-refractivity contribution in [2.75, 3.05) is 0 Å². The summed E-state index contributed by atoms with van der Waals surface area (Å²) in [7, 11) is 0. The Balaban J connectivity index is 2.48. The third-order valence-electron chi connectivity index (χ3n) is 0.981. The van der Waals surface area contributed by atoms with Crippen LogP contribution in [0.15, 0.2) is 16.9 Å². The van der Waals surface area contributed by atoms with E-state index >= 15 is 0 Å². The molecule has 10 heavy (non-hydrogen) atoms. The Bertz CT molecular complexity index is 256. The van der Waals surface area contributed by atoms with Gasteiger partial charge in [0.25, 0.3) is 0 Å². The van der Waals surface area contributed by atoms with Gasteiger partial charge in [-0.1, -0.05) is 16.5 Å². The minimum Gasteiger partial charge on any atom is -0.364 e. The van der Waals surface area contributed by atoms with Crippen LogP contribution in [0.5, 0.6) is 0 Å². The van der Waals surface area contributed by atoms with Crippen LogP contribution in [-0.2, 0) is 0 Å². The highest BCUT2D eigenvalue weighted by atomic mass is 32.1. The van der Waals surface area contributed by atoms with Crippen LogP contribution in [0.4, 0.5) is 0 Å². The van der Waals surface area contributed by atoms with Crippen molar-refractivity contribution in [2.45, 2.75) is 0 Å². The Hall–Kier alpha value is -1.23. The molecule has 0 aliphatic heterocycles. The highest BCUT2D eigenvalue weighted by molar-refractivity contribution is 7.12. The monoisotopic (exact) mass is 152 g/mol. The van der Waals surface area contributed by atoms with E-state index in [0.717, 1.165) is 5.01 Å². The van der Waals surface area contributed by atoms with Gasteiger partial charge in [0.1, 0.15) is 12.0 Å². The SMILES string of the molecule is [c]1nnc(-c2ccon2)s1. The molecule has 0 N–H and O–H groups in total. The molecule has 1 radical (unpaired) electrons. The second-order valence-electron chi connectivity index (χ2n) is 1.58. The fraction of sp³-hybridized carbons (Fsp3) is 0. The summed E-state index contributed by atoms with van der Waals surface area (Å²) in [6.07, 6.45) is 1.50. The number of hydrogen-bond acceptors (Lipinski definition) is 5. The highest BCUT2D eigenvalue weighted by Gasteiger charge is 2.02. The van der Waals surface area contributed by atoms with Crippen LogP contribution in [0.25, 0.3) is 10.7 Å². The normalized spacial score (nSPS) is 10.0. The number of nitrogens with zero attached hydrogens (tertiary/aromatic N) is 3. The predicted octanol–water partition coefficient (Wildman–Crippen LogP) is 0.993. The van der Waals surface area contributed by atoms with Gasteiger partial charge in [0.2, 0.25) is 0 Å². The Morgan fingerprint density at radius 1 is 1.60 bits per heavy atom. The summed E-state index contributed by atoms with van der Waals surface area (Å²) in [5.41, 5.74) is 3.32. The zero-order valence-corrected chi connectivity index (χ0v) is 5.63. The molecule has 0 unspecified atom stereocenters. The van der Waals surface area contributed by atoms with E-state index in [0.29, 0.717) is 5.69 Å². The van der Waals surface area contributed by atoms with E-state index in [1.54, 1.807) is 6.07 Å². The summed E-state index contributed by atoms with van der Waals surface area (Å²) in [6.45, 7) is 0. The van der Waals surface area contributed by atoms with E-state index in [1.165, 1.54) is 17.6 Å². The van der Waals surface area contributed by atoms with Gasteiger partial charge in [-0.05, 0) is 0 Å². The summed E-state index contributed by atoms with van der Waals surface area (Å²) < 4.78 is 4.61. The number of aromatic nitrogens is 3. The molecule has 2 aromatic heterocycles. The predicted molar refractivity (Wildman–Crippen MR) is 34.2 cm³/mol. The molecule has 2 heterocycles. The molecule has 0 atom stereocenters. The molecule has 0 aliphatic carbocycles. The minimum atomic E-state index is 0.707. The van der Waals surface area contributed by atoms with Gasteiger partial charge in [-0.15, -0.1) is 10.2 Å². The maximum atomic E-state index is 4.61. The van der Waals surface area contributed by atoms with Crippen LogP contribution in [-0.4, -0.2) is 15.4 Å². The molecule has 0 bridgehead atoms. The fourth-order valence-corrected chi connectivity index (χ4v) is 1.04. The van der Waals surface area contributed by atoms with Gasteiger partial charge in [0.05, 0.1) is 0 Å². The van der Waals surface area contributed by atoms with Gasteiger partial charge in [-0.2, -0.15) is 0 Å². The van der Waals surface area contributed by atoms with Gasteiger partial charge in [-0.3, -0.25) is 0 Å². The first-order valence-corrected chi connectivity index (χ1v) is 3.39. The molecular weight excluding hydrogens is 150 g/mol. The second kappa shape index (κ2) is 2.18. The molecule has 5 heteroatoms. The van der Waals surface area contributed by atoms with Crippen molar-refractivity contribution < 1.29 is 4.52 Å². The topological polar surface area (TPSA) is 51.8 Å². The molecule has 2 rings (SSSR count). The van der Waals surface area contributed by atoms with Crippen LogP contribution >= 0.6 is 11.3 Å². The Kier molecular flexibility index (Phi) is 1.21. The zero-order chi connectivity index (χ0) is 6.81. The van der Waals surface area contributed by atoms with Crippen molar-refractivity contribution in [1.29, 1.82) is 0 Å². The molecule has 0 aliphatic rings. The van der Waals surface area contributed by atoms with Crippen molar-refractivity contribution in [3.63, 3.8) is 0 Å². The standard InChI is InChI=1S/C5H2N3OS/c1-2-9-8-4(1)5-7-6-3-10-5/h1-2H. The lowest BCUT2D eigenvalue weighted by Gasteiger charge is -1.78. The number of hydrogen-bond donors (Lipinski definition) is 0. The molecule has 49 valence electrons. The van der Waals surface area contributed by atoms with E-state index in [4.69, 9.17) is 0 Å². The molecule has 0 saturated carbocycles. The summed E-state index contributed by atoms with van der Waals surface area (Å²) in [6, 6.07) is 1.73. The smallest absolute Gasteiger partial charge is 0.178 e. The lowest BCUT2D eigenvalue weighted by molar-refractivity contribution is 0.422.